The fraction of sp³-hybridized carbons (Fsp3) is 0.900. The molecule has 6 heteroatoms. The lowest BCUT2D eigenvalue weighted by Crippen LogP contribution is -2.49. The van der Waals surface area contributed by atoms with E-state index in [1.165, 1.54) is 0 Å². The number of methoxy groups -OCH3 is 1. The van der Waals surface area contributed by atoms with Crippen LogP contribution in [0.25, 0.3) is 0 Å². The minimum Gasteiger partial charge on any atom is -0.383 e. The number of hydrazine groups is 1. The molecule has 1 fully saturated rings. The summed E-state index contributed by atoms with van der Waals surface area (Å²) >= 11 is 0. The number of nitrogens with two attached hydrogens (primary N) is 1. The minimum absolute atomic E-state index is 0.296. The Bertz CT molecular complexity index is 223. The molecule has 0 aromatic heterocycles. The van der Waals surface area contributed by atoms with Crippen LogP contribution in [-0.4, -0.2) is 45.0 Å². The fourth-order valence-electron chi connectivity index (χ4n) is 1.70. The van der Waals surface area contributed by atoms with Crippen molar-refractivity contribution in [3.63, 3.8) is 0 Å². The van der Waals surface area contributed by atoms with E-state index >= 15 is 0 Å². The van der Waals surface area contributed by atoms with Crippen molar-refractivity contribution in [3.05, 3.63) is 0 Å². The monoisotopic (exact) mass is 230 g/mol. The van der Waals surface area contributed by atoms with Gasteiger partial charge < -0.3 is 14.8 Å². The average Bonchev–Trinajstić information content (AvgIpc) is 2.28. The number of hydrogen-bond donors (Lipinski definition) is 3. The molecule has 0 amide bonds. The van der Waals surface area contributed by atoms with Crippen molar-refractivity contribution in [2.24, 2.45) is 10.8 Å². The topological polar surface area (TPSA) is 80.9 Å². The van der Waals surface area contributed by atoms with Gasteiger partial charge in [-0.2, -0.15) is 0 Å². The first-order valence-electron chi connectivity index (χ1n) is 5.64. The predicted molar refractivity (Wildman–Crippen MR) is 63.1 cm³/mol. The summed E-state index contributed by atoms with van der Waals surface area (Å²) in [4.78, 5) is 4.25. The molecule has 0 aromatic rings. The maximum absolute atomic E-state index is 5.47. The first kappa shape index (κ1) is 13.2. The molecule has 0 bridgehead atoms. The molecular formula is C10H22N4O2. The first-order chi connectivity index (χ1) is 7.76. The van der Waals surface area contributed by atoms with Crippen molar-refractivity contribution >= 4 is 5.96 Å². The number of nitrogens with zero attached hydrogens (tertiary/aromatic N) is 1. The van der Waals surface area contributed by atoms with E-state index in [2.05, 4.69) is 22.7 Å². The molecule has 6 nitrogen and oxygen atoms in total. The Hall–Kier alpha value is -0.850. The molecule has 0 aliphatic carbocycles. The van der Waals surface area contributed by atoms with Crippen LogP contribution in [0.3, 0.4) is 0 Å². The maximum atomic E-state index is 5.47. The molecule has 1 aliphatic rings. The van der Waals surface area contributed by atoms with Gasteiger partial charge in [-0.05, 0) is 19.8 Å². The number of guanidine groups is 1. The Morgan fingerprint density at radius 3 is 3.06 bits per heavy atom. The van der Waals surface area contributed by atoms with Crippen molar-refractivity contribution < 1.29 is 9.47 Å². The molecule has 0 spiro atoms. The molecule has 94 valence electrons. The standard InChI is InChI=1S/C10H22N4O2/c1-8-7-9(3-5-16-8)13-10(14-11)12-4-6-15-2/h8-9H,3-7,11H2,1-2H3,(H2,12,13,14). The second-order valence-corrected chi connectivity index (χ2v) is 3.91. The molecule has 16 heavy (non-hydrogen) atoms. The zero-order valence-electron chi connectivity index (χ0n) is 10.0. The predicted octanol–water partition coefficient (Wildman–Crippen LogP) is -0.391. The van der Waals surface area contributed by atoms with Crippen LogP contribution in [0.2, 0.25) is 0 Å². The van der Waals surface area contributed by atoms with Crippen LogP contribution >= 0.6 is 0 Å². The number of aliphatic imine (C=N–C) groups is 1. The van der Waals surface area contributed by atoms with Gasteiger partial charge in [0.1, 0.15) is 0 Å². The van der Waals surface area contributed by atoms with E-state index in [4.69, 9.17) is 15.3 Å². The third kappa shape index (κ3) is 4.78. The zero-order valence-corrected chi connectivity index (χ0v) is 10.0. The summed E-state index contributed by atoms with van der Waals surface area (Å²) < 4.78 is 10.4. The molecule has 2 atom stereocenters. The molecule has 4 N–H and O–H groups in total. The van der Waals surface area contributed by atoms with Crippen LogP contribution in [0.4, 0.5) is 0 Å². The van der Waals surface area contributed by atoms with Gasteiger partial charge in [0, 0.05) is 19.8 Å². The summed E-state index contributed by atoms with van der Waals surface area (Å²) in [7, 11) is 1.65. The van der Waals surface area contributed by atoms with E-state index in [0.717, 1.165) is 19.4 Å². The number of rotatable bonds is 4. The van der Waals surface area contributed by atoms with Gasteiger partial charge in [0.2, 0.25) is 5.96 Å². The highest BCUT2D eigenvalue weighted by atomic mass is 16.5. The molecule has 0 saturated carbocycles. The Labute approximate surface area is 96.6 Å². The molecule has 0 aromatic carbocycles. The molecule has 1 aliphatic heterocycles. The highest BCUT2D eigenvalue weighted by Gasteiger charge is 2.19. The smallest absolute Gasteiger partial charge is 0.206 e. The number of nitrogens with one attached hydrogen (secondary N) is 2. The van der Waals surface area contributed by atoms with Gasteiger partial charge in [0.15, 0.2) is 0 Å². The third-order valence-corrected chi connectivity index (χ3v) is 2.53. The van der Waals surface area contributed by atoms with Gasteiger partial charge in [0.05, 0.1) is 19.3 Å². The van der Waals surface area contributed by atoms with Gasteiger partial charge in [-0.1, -0.05) is 0 Å². The Morgan fingerprint density at radius 1 is 1.62 bits per heavy atom. The molecule has 2 unspecified atom stereocenters. The lowest BCUT2D eigenvalue weighted by atomic mass is 10.0. The van der Waals surface area contributed by atoms with Crippen molar-refractivity contribution in [2.75, 3.05) is 26.9 Å². The summed E-state index contributed by atoms with van der Waals surface area (Å²) in [5.41, 5.74) is 2.57. The Kier molecular flexibility index (Phi) is 6.14. The summed E-state index contributed by atoms with van der Waals surface area (Å²) in [6.07, 6.45) is 2.25. The van der Waals surface area contributed by atoms with Gasteiger partial charge in [-0.25, -0.2) is 10.8 Å². The summed E-state index contributed by atoms with van der Waals surface area (Å²) in [5, 5.41) is 3.27. The minimum atomic E-state index is 0.296. The zero-order chi connectivity index (χ0) is 11.8. The third-order valence-electron chi connectivity index (χ3n) is 2.53. The molecule has 1 heterocycles. The van der Waals surface area contributed by atoms with Crippen LogP contribution < -0.4 is 16.6 Å². The van der Waals surface area contributed by atoms with Gasteiger partial charge in [-0.15, -0.1) is 0 Å². The summed E-state index contributed by atoms with van der Waals surface area (Å²) in [6, 6.07) is 0.376. The Morgan fingerprint density at radius 2 is 2.44 bits per heavy atom. The van der Waals surface area contributed by atoms with Crippen LogP contribution in [0, 0.1) is 0 Å². The van der Waals surface area contributed by atoms with E-state index in [0.29, 0.717) is 31.3 Å². The molecule has 1 rings (SSSR count). The first-order valence-corrected chi connectivity index (χ1v) is 5.64. The maximum Gasteiger partial charge on any atom is 0.206 e. The largest absolute Gasteiger partial charge is 0.383 e. The average molecular weight is 230 g/mol. The van der Waals surface area contributed by atoms with Crippen molar-refractivity contribution in [3.8, 4) is 0 Å². The van der Waals surface area contributed by atoms with Crippen LogP contribution in [0.1, 0.15) is 19.8 Å². The van der Waals surface area contributed by atoms with E-state index < -0.39 is 0 Å². The van der Waals surface area contributed by atoms with Crippen molar-refractivity contribution in [2.45, 2.75) is 31.9 Å². The second-order valence-electron chi connectivity index (χ2n) is 3.91. The van der Waals surface area contributed by atoms with E-state index in [-0.39, 0.29) is 0 Å². The van der Waals surface area contributed by atoms with Gasteiger partial charge >= 0.3 is 0 Å². The number of hydrogen-bond acceptors (Lipinski definition) is 4. The van der Waals surface area contributed by atoms with Gasteiger partial charge in [0.25, 0.3) is 0 Å². The fourth-order valence-corrected chi connectivity index (χ4v) is 1.70. The number of ether oxygens (including phenoxy) is 2. The molecule has 1 saturated heterocycles. The normalized spacial score (nSPS) is 26.6. The van der Waals surface area contributed by atoms with Crippen molar-refractivity contribution in [1.82, 2.24) is 10.7 Å². The van der Waals surface area contributed by atoms with Crippen LogP contribution in [0.15, 0.2) is 4.99 Å². The van der Waals surface area contributed by atoms with E-state index in [1.54, 1.807) is 7.11 Å². The van der Waals surface area contributed by atoms with Crippen LogP contribution in [-0.2, 0) is 9.47 Å². The lowest BCUT2D eigenvalue weighted by molar-refractivity contribution is 0.0165. The second kappa shape index (κ2) is 7.43. The van der Waals surface area contributed by atoms with Gasteiger partial charge in [-0.3, -0.25) is 5.43 Å². The van der Waals surface area contributed by atoms with E-state index in [9.17, 15) is 0 Å². The quantitative estimate of drug-likeness (QED) is 0.201. The molecule has 0 radical (unpaired) electrons. The highest BCUT2D eigenvalue weighted by molar-refractivity contribution is 5.79. The van der Waals surface area contributed by atoms with E-state index in [1.807, 2.05) is 0 Å². The van der Waals surface area contributed by atoms with Crippen molar-refractivity contribution in [1.29, 1.82) is 0 Å². The summed E-state index contributed by atoms with van der Waals surface area (Å²) in [6.45, 7) is 4.05. The molecular weight excluding hydrogens is 208 g/mol. The highest BCUT2D eigenvalue weighted by Crippen LogP contribution is 2.12. The SMILES string of the molecule is COCCN=C(NN)NC1CCOC(C)C1. The summed E-state index contributed by atoms with van der Waals surface area (Å²) in [5.74, 6) is 6.01. The lowest BCUT2D eigenvalue weighted by Gasteiger charge is -2.28. The van der Waals surface area contributed by atoms with Crippen LogP contribution in [0.5, 0.6) is 0 Å². The Balaban J connectivity index is 2.33.